The van der Waals surface area contributed by atoms with E-state index in [0.29, 0.717) is 12.1 Å². The van der Waals surface area contributed by atoms with Crippen LogP contribution in [0.2, 0.25) is 0 Å². The van der Waals surface area contributed by atoms with Crippen molar-refractivity contribution in [3.05, 3.63) is 18.2 Å². The molecule has 2 rings (SSSR count). The first-order valence-electron chi connectivity index (χ1n) is 17.5. The van der Waals surface area contributed by atoms with Crippen molar-refractivity contribution in [1.29, 1.82) is 0 Å². The average molecular weight is 751 g/mol. The Morgan fingerprint density at radius 2 is 1.60 bits per heavy atom. The number of H-pyrrole nitrogens is 1. The minimum Gasteiger partial charge on any atom is -0.480 e. The van der Waals surface area contributed by atoms with E-state index in [9.17, 15) is 48.6 Å². The number of carbonyl (C=O) groups excluding carboxylic acids is 7. The number of rotatable bonds is 21. The first kappa shape index (κ1) is 44.1. The Kier molecular flexibility index (Phi) is 17.3. The number of aliphatic hydroxyl groups excluding tert-OH is 1. The largest absolute Gasteiger partial charge is 0.480 e. The number of primary amides is 1. The predicted octanol–water partition coefficient (Wildman–Crippen LogP) is -3.24. The van der Waals surface area contributed by atoms with Crippen LogP contribution in [0.15, 0.2) is 12.5 Å². The maximum Gasteiger partial charge on any atom is 0.326 e. The molecule has 2 heterocycles. The second kappa shape index (κ2) is 20.8. The van der Waals surface area contributed by atoms with Gasteiger partial charge in [0.15, 0.2) is 0 Å². The molecule has 1 aliphatic rings. The summed E-state index contributed by atoms with van der Waals surface area (Å²) in [6.45, 7) is 7.77. The summed E-state index contributed by atoms with van der Waals surface area (Å²) in [5.74, 6) is -6.97. The number of carboxylic acids is 1. The van der Waals surface area contributed by atoms with Gasteiger partial charge in [-0.2, -0.15) is 0 Å². The Morgan fingerprint density at radius 3 is 2.15 bits per heavy atom. The van der Waals surface area contributed by atoms with Gasteiger partial charge in [0.05, 0.1) is 19.0 Å². The minimum atomic E-state index is -1.32. The van der Waals surface area contributed by atoms with Gasteiger partial charge in [0.1, 0.15) is 36.3 Å². The van der Waals surface area contributed by atoms with E-state index < -0.39 is 102 Å². The Hall–Kier alpha value is -5.11. The van der Waals surface area contributed by atoms with Crippen LogP contribution in [0.3, 0.4) is 0 Å². The fourth-order valence-corrected chi connectivity index (χ4v) is 5.63. The number of carboxylic acid groups (broad SMARTS) is 1. The van der Waals surface area contributed by atoms with Gasteiger partial charge < -0.3 is 58.1 Å². The third-order valence-corrected chi connectivity index (χ3v) is 8.58. The molecule has 53 heavy (non-hydrogen) atoms. The summed E-state index contributed by atoms with van der Waals surface area (Å²) < 4.78 is 0. The highest BCUT2D eigenvalue weighted by molar-refractivity contribution is 5.96. The first-order chi connectivity index (χ1) is 24.8. The molecule has 20 nitrogen and oxygen atoms in total. The van der Waals surface area contributed by atoms with Crippen molar-refractivity contribution in [3.8, 4) is 0 Å². The van der Waals surface area contributed by atoms with E-state index in [1.165, 1.54) is 24.3 Å². The zero-order chi connectivity index (χ0) is 40.0. The quantitative estimate of drug-likeness (QED) is 0.0593. The fourth-order valence-electron chi connectivity index (χ4n) is 5.63. The molecule has 1 aliphatic heterocycles. The summed E-state index contributed by atoms with van der Waals surface area (Å²) in [6.07, 6.45) is 1.84. The number of aromatic amines is 1. The molecule has 0 unspecified atom stereocenters. The average Bonchev–Trinajstić information content (AvgIpc) is 3.78. The van der Waals surface area contributed by atoms with Crippen LogP contribution in [0.4, 0.5) is 0 Å². The summed E-state index contributed by atoms with van der Waals surface area (Å²) >= 11 is 0. The lowest BCUT2D eigenvalue weighted by atomic mass is 10.0. The number of imidazole rings is 1. The van der Waals surface area contributed by atoms with E-state index in [-0.39, 0.29) is 44.6 Å². The Bertz CT molecular complexity index is 1450. The molecule has 7 amide bonds. The second-order valence-corrected chi connectivity index (χ2v) is 13.9. The number of carbonyl (C=O) groups is 8. The van der Waals surface area contributed by atoms with Crippen LogP contribution in [0, 0.1) is 11.8 Å². The van der Waals surface area contributed by atoms with Crippen molar-refractivity contribution in [2.24, 2.45) is 23.3 Å². The number of nitrogens with two attached hydrogens (primary N) is 2. The summed E-state index contributed by atoms with van der Waals surface area (Å²) in [7, 11) is 0. The monoisotopic (exact) mass is 750 g/mol. The fraction of sp³-hybridized carbons (Fsp3) is 0.667. The van der Waals surface area contributed by atoms with E-state index in [0.717, 1.165) is 0 Å². The number of nitrogens with zero attached hydrogens (tertiary/aromatic N) is 2. The minimum absolute atomic E-state index is 0.0727. The number of likely N-dealkylation sites (tertiary alicyclic amines) is 1. The van der Waals surface area contributed by atoms with Crippen LogP contribution in [-0.4, -0.2) is 128 Å². The zero-order valence-electron chi connectivity index (χ0n) is 30.7. The molecule has 12 N–H and O–H groups in total. The smallest absolute Gasteiger partial charge is 0.326 e. The van der Waals surface area contributed by atoms with Gasteiger partial charge in [-0.3, -0.25) is 33.6 Å². The molecule has 0 spiro atoms. The lowest BCUT2D eigenvalue weighted by Gasteiger charge is -2.30. The van der Waals surface area contributed by atoms with Crippen molar-refractivity contribution in [3.63, 3.8) is 0 Å². The van der Waals surface area contributed by atoms with Crippen LogP contribution < -0.4 is 38.1 Å². The van der Waals surface area contributed by atoms with E-state index in [2.05, 4.69) is 36.6 Å². The number of aromatic nitrogens is 2. The maximum atomic E-state index is 13.8. The summed E-state index contributed by atoms with van der Waals surface area (Å²) in [5, 5.41) is 31.8. The normalized spacial score (nSPS) is 17.5. The third-order valence-electron chi connectivity index (χ3n) is 8.58. The highest BCUT2D eigenvalue weighted by atomic mass is 16.4. The summed E-state index contributed by atoms with van der Waals surface area (Å²) in [6, 6.07) is -7.26. The van der Waals surface area contributed by atoms with Gasteiger partial charge in [-0.1, -0.05) is 27.7 Å². The van der Waals surface area contributed by atoms with Crippen LogP contribution in [0.1, 0.15) is 72.4 Å². The molecule has 296 valence electrons. The Balaban J connectivity index is 2.11. The molecule has 0 bridgehead atoms. The zero-order valence-corrected chi connectivity index (χ0v) is 30.7. The molecule has 1 fully saturated rings. The topological polar surface area (TPSA) is 321 Å². The van der Waals surface area contributed by atoms with Crippen LogP contribution in [-0.2, 0) is 44.8 Å². The lowest BCUT2D eigenvalue weighted by Crippen LogP contribution is -2.60. The summed E-state index contributed by atoms with van der Waals surface area (Å²) in [5.41, 5.74) is 11.5. The predicted molar refractivity (Wildman–Crippen MR) is 188 cm³/mol. The number of aliphatic carboxylic acids is 1. The second-order valence-electron chi connectivity index (χ2n) is 13.9. The Morgan fingerprint density at radius 1 is 0.943 bits per heavy atom. The van der Waals surface area contributed by atoms with E-state index in [1.54, 1.807) is 13.8 Å². The molecule has 1 saturated heterocycles. The maximum absolute atomic E-state index is 13.8. The molecular formula is C33H54N10O10. The molecule has 0 aromatic carbocycles. The number of hydrogen-bond donors (Lipinski definition) is 10. The number of hydrogen-bond acceptors (Lipinski definition) is 11. The van der Waals surface area contributed by atoms with Gasteiger partial charge in [0.25, 0.3) is 0 Å². The molecule has 0 saturated carbocycles. The van der Waals surface area contributed by atoms with Crippen molar-refractivity contribution >= 4 is 47.3 Å². The van der Waals surface area contributed by atoms with Gasteiger partial charge in [0, 0.05) is 31.3 Å². The molecule has 0 aliphatic carbocycles. The van der Waals surface area contributed by atoms with E-state index in [4.69, 9.17) is 11.5 Å². The standard InChI is InChI=1S/C33H54N10O10/c1-16(2)11-21(28(47)41-22(33(52)53)12-19-13-36-15-38-19)39-25(46)14-37-29(48)23-7-6-10-43(23)32(51)20(8-9-24(34)45)40-31(50)27(17(3)4)42-30(49)26(35)18(5)44/h13,15-18,20-23,26-27,44H,6-12,14,35H2,1-5H3,(H2,34,45)(H,36,38)(H,37,48)(H,39,46)(H,40,50)(H,41,47)(H,42,49)(H,52,53)/t18-,20+,21+,22+,23+,26+,27+/m1/s1. The van der Waals surface area contributed by atoms with Crippen molar-refractivity contribution in [1.82, 2.24) is 41.5 Å². The van der Waals surface area contributed by atoms with Crippen molar-refractivity contribution in [2.45, 2.75) is 115 Å². The number of amides is 7. The Labute approximate surface area is 307 Å². The molecular weight excluding hydrogens is 696 g/mol. The molecule has 20 heteroatoms. The molecule has 0 radical (unpaired) electrons. The van der Waals surface area contributed by atoms with Crippen molar-refractivity contribution < 1.29 is 48.6 Å². The number of nitrogens with one attached hydrogen (secondary N) is 6. The van der Waals surface area contributed by atoms with E-state index >= 15 is 0 Å². The molecule has 7 atom stereocenters. The van der Waals surface area contributed by atoms with Crippen molar-refractivity contribution in [2.75, 3.05) is 13.1 Å². The van der Waals surface area contributed by atoms with Gasteiger partial charge in [-0.05, 0) is 44.4 Å². The van der Waals surface area contributed by atoms with Crippen LogP contribution in [0.25, 0.3) is 0 Å². The van der Waals surface area contributed by atoms with Crippen LogP contribution >= 0.6 is 0 Å². The highest BCUT2D eigenvalue weighted by Gasteiger charge is 2.39. The van der Waals surface area contributed by atoms with Gasteiger partial charge >= 0.3 is 5.97 Å². The lowest BCUT2D eigenvalue weighted by molar-refractivity contribution is -0.142. The SMILES string of the molecule is CC(C)C[C@H](NC(=O)CNC(=O)[C@@H]1CCCN1C(=O)[C@H](CCC(N)=O)NC(=O)[C@@H](NC(=O)[C@@H](N)[C@@H](C)O)C(C)C)C(=O)N[C@@H](Cc1cnc[nH]1)C(=O)O. The number of aliphatic hydroxyl groups is 1. The van der Waals surface area contributed by atoms with Gasteiger partial charge in [0.2, 0.25) is 41.4 Å². The summed E-state index contributed by atoms with van der Waals surface area (Å²) in [4.78, 5) is 110. The highest BCUT2D eigenvalue weighted by Crippen LogP contribution is 2.20. The molecule has 1 aromatic rings. The van der Waals surface area contributed by atoms with Gasteiger partial charge in [-0.25, -0.2) is 9.78 Å². The van der Waals surface area contributed by atoms with E-state index in [1.807, 2.05) is 13.8 Å². The third kappa shape index (κ3) is 14.1. The molecule has 1 aromatic heterocycles. The van der Waals surface area contributed by atoms with Crippen LogP contribution in [0.5, 0.6) is 0 Å². The first-order valence-corrected chi connectivity index (χ1v) is 17.5. The van der Waals surface area contributed by atoms with Gasteiger partial charge in [-0.15, -0.1) is 0 Å².